The average Bonchev–Trinajstić information content (AvgIpc) is 2.76. The first-order valence-corrected chi connectivity index (χ1v) is 6.15. The molecule has 2 aromatic rings. The van der Waals surface area contributed by atoms with Gasteiger partial charge in [-0.05, 0) is 24.6 Å². The molecule has 100 valence electrons. The molecule has 0 bridgehead atoms. The molecule has 0 saturated carbocycles. The largest absolute Gasteiger partial charge is 0.481 e. The van der Waals surface area contributed by atoms with Crippen LogP contribution in [0.3, 0.4) is 0 Å². The number of aliphatic carboxylic acids is 1. The van der Waals surface area contributed by atoms with Crippen LogP contribution in [0.25, 0.3) is 5.69 Å². The second-order valence-corrected chi connectivity index (χ2v) is 4.59. The number of nitrogens with zero attached hydrogens (tertiary/aromatic N) is 2. The standard InChI is InChI=1S/C13H14ClN3O2/c1-8-16-4-5-17(8)12-3-2-9(6-11(12)14)10(7-15)13(18)19/h2-6,10H,7,15H2,1H3,(H,18,19). The number of carbonyl (C=O) groups is 1. The molecule has 5 nitrogen and oxygen atoms in total. The number of halogens is 1. The first-order valence-electron chi connectivity index (χ1n) is 5.77. The maximum absolute atomic E-state index is 11.1. The van der Waals surface area contributed by atoms with E-state index in [0.29, 0.717) is 10.6 Å². The van der Waals surface area contributed by atoms with Crippen LogP contribution in [0.4, 0.5) is 0 Å². The van der Waals surface area contributed by atoms with Gasteiger partial charge in [0.05, 0.1) is 16.6 Å². The highest BCUT2D eigenvalue weighted by Crippen LogP contribution is 2.26. The Hall–Kier alpha value is -1.85. The molecule has 3 N–H and O–H groups in total. The van der Waals surface area contributed by atoms with Gasteiger partial charge < -0.3 is 15.4 Å². The molecule has 1 aromatic carbocycles. The average molecular weight is 280 g/mol. The molecule has 0 saturated heterocycles. The van der Waals surface area contributed by atoms with Crippen molar-refractivity contribution in [1.29, 1.82) is 0 Å². The molecule has 0 radical (unpaired) electrons. The molecule has 1 unspecified atom stereocenters. The highest BCUT2D eigenvalue weighted by Gasteiger charge is 2.19. The molecular weight excluding hydrogens is 266 g/mol. The van der Waals surface area contributed by atoms with Crippen molar-refractivity contribution in [2.45, 2.75) is 12.8 Å². The molecule has 0 spiro atoms. The van der Waals surface area contributed by atoms with Crippen molar-refractivity contribution in [1.82, 2.24) is 9.55 Å². The van der Waals surface area contributed by atoms with Gasteiger partial charge in [-0.2, -0.15) is 0 Å². The maximum Gasteiger partial charge on any atom is 0.312 e. The van der Waals surface area contributed by atoms with Crippen LogP contribution in [-0.4, -0.2) is 27.2 Å². The van der Waals surface area contributed by atoms with Crippen LogP contribution < -0.4 is 5.73 Å². The summed E-state index contributed by atoms with van der Waals surface area (Å²) in [6, 6.07) is 5.15. The van der Waals surface area contributed by atoms with Gasteiger partial charge in [0, 0.05) is 18.9 Å². The first kappa shape index (κ1) is 13.6. The summed E-state index contributed by atoms with van der Waals surface area (Å²) in [5.74, 6) is -0.885. The lowest BCUT2D eigenvalue weighted by molar-refractivity contribution is -0.138. The van der Waals surface area contributed by atoms with Crippen molar-refractivity contribution in [3.8, 4) is 5.69 Å². The maximum atomic E-state index is 11.1. The quantitative estimate of drug-likeness (QED) is 0.896. The second kappa shape index (κ2) is 5.42. The molecule has 1 aromatic heterocycles. The van der Waals surface area contributed by atoms with Crippen molar-refractivity contribution >= 4 is 17.6 Å². The van der Waals surface area contributed by atoms with Crippen molar-refractivity contribution in [3.05, 3.63) is 47.0 Å². The van der Waals surface area contributed by atoms with Gasteiger partial charge >= 0.3 is 5.97 Å². The summed E-state index contributed by atoms with van der Waals surface area (Å²) < 4.78 is 1.84. The van der Waals surface area contributed by atoms with Crippen LogP contribution in [-0.2, 0) is 4.79 Å². The van der Waals surface area contributed by atoms with E-state index in [1.165, 1.54) is 0 Å². The van der Waals surface area contributed by atoms with E-state index in [2.05, 4.69) is 4.98 Å². The van der Waals surface area contributed by atoms with Crippen LogP contribution >= 0.6 is 11.6 Å². The highest BCUT2D eigenvalue weighted by atomic mass is 35.5. The predicted octanol–water partition coefficient (Wildman–Crippen LogP) is 1.96. The molecule has 0 aliphatic carbocycles. The van der Waals surface area contributed by atoms with Gasteiger partial charge in [0.15, 0.2) is 0 Å². The van der Waals surface area contributed by atoms with E-state index in [0.717, 1.165) is 11.5 Å². The molecule has 6 heteroatoms. The Kier molecular flexibility index (Phi) is 3.87. The summed E-state index contributed by atoms with van der Waals surface area (Å²) in [5, 5.41) is 9.55. The van der Waals surface area contributed by atoms with Gasteiger partial charge in [0.2, 0.25) is 0 Å². The minimum absolute atomic E-state index is 0.0368. The number of carboxylic acid groups (broad SMARTS) is 1. The van der Waals surface area contributed by atoms with Gasteiger partial charge in [-0.15, -0.1) is 0 Å². The Morgan fingerprint density at radius 1 is 1.58 bits per heavy atom. The van der Waals surface area contributed by atoms with Gasteiger partial charge in [-0.1, -0.05) is 17.7 Å². The molecule has 0 aliphatic heterocycles. The first-order chi connectivity index (χ1) is 9.04. The lowest BCUT2D eigenvalue weighted by Gasteiger charge is -2.13. The molecule has 0 fully saturated rings. The van der Waals surface area contributed by atoms with Crippen LogP contribution in [0.1, 0.15) is 17.3 Å². The Morgan fingerprint density at radius 3 is 2.79 bits per heavy atom. The zero-order valence-corrected chi connectivity index (χ0v) is 11.1. The third-order valence-electron chi connectivity index (χ3n) is 2.99. The minimum Gasteiger partial charge on any atom is -0.481 e. The smallest absolute Gasteiger partial charge is 0.312 e. The number of hydrogen-bond donors (Lipinski definition) is 2. The van der Waals surface area contributed by atoms with E-state index in [4.69, 9.17) is 22.4 Å². The van der Waals surface area contributed by atoms with Crippen molar-refractivity contribution in [3.63, 3.8) is 0 Å². The monoisotopic (exact) mass is 279 g/mol. The number of aryl methyl sites for hydroxylation is 1. The van der Waals surface area contributed by atoms with Crippen LogP contribution in [0.15, 0.2) is 30.6 Å². The number of nitrogens with two attached hydrogens (primary N) is 1. The molecule has 1 atom stereocenters. The molecule has 19 heavy (non-hydrogen) atoms. The third-order valence-corrected chi connectivity index (χ3v) is 3.30. The van der Waals surface area contributed by atoms with Crippen molar-refractivity contribution in [2.24, 2.45) is 5.73 Å². The van der Waals surface area contributed by atoms with E-state index in [-0.39, 0.29) is 6.54 Å². The zero-order valence-electron chi connectivity index (χ0n) is 10.4. The summed E-state index contributed by atoms with van der Waals surface area (Å²) in [6.45, 7) is 1.90. The highest BCUT2D eigenvalue weighted by molar-refractivity contribution is 6.32. The fourth-order valence-electron chi connectivity index (χ4n) is 1.95. The zero-order chi connectivity index (χ0) is 14.0. The number of carboxylic acids is 1. The van der Waals surface area contributed by atoms with Crippen LogP contribution in [0, 0.1) is 6.92 Å². The Balaban J connectivity index is 2.43. The third kappa shape index (κ3) is 2.62. The summed E-state index contributed by atoms with van der Waals surface area (Å²) in [6.07, 6.45) is 3.48. The number of imidazole rings is 1. The van der Waals surface area contributed by atoms with E-state index < -0.39 is 11.9 Å². The van der Waals surface area contributed by atoms with Crippen LogP contribution in [0.5, 0.6) is 0 Å². The van der Waals surface area contributed by atoms with Gasteiger partial charge in [-0.25, -0.2) is 4.98 Å². The number of aromatic nitrogens is 2. The number of rotatable bonds is 4. The van der Waals surface area contributed by atoms with E-state index >= 15 is 0 Å². The molecule has 1 heterocycles. The summed E-state index contributed by atoms with van der Waals surface area (Å²) in [7, 11) is 0. The lowest BCUT2D eigenvalue weighted by Crippen LogP contribution is -2.21. The molecule has 2 rings (SSSR count). The van der Waals surface area contributed by atoms with E-state index in [1.807, 2.05) is 11.5 Å². The lowest BCUT2D eigenvalue weighted by atomic mass is 9.99. The Morgan fingerprint density at radius 2 is 2.32 bits per heavy atom. The second-order valence-electron chi connectivity index (χ2n) is 4.18. The van der Waals surface area contributed by atoms with E-state index in [9.17, 15) is 4.79 Å². The van der Waals surface area contributed by atoms with E-state index in [1.54, 1.807) is 30.6 Å². The van der Waals surface area contributed by atoms with Crippen LogP contribution in [0.2, 0.25) is 5.02 Å². The fourth-order valence-corrected chi connectivity index (χ4v) is 2.23. The van der Waals surface area contributed by atoms with Gasteiger partial charge in [0.1, 0.15) is 5.82 Å². The normalized spacial score (nSPS) is 12.4. The predicted molar refractivity (Wildman–Crippen MR) is 72.7 cm³/mol. The summed E-state index contributed by atoms with van der Waals surface area (Å²) >= 11 is 6.22. The van der Waals surface area contributed by atoms with Crippen molar-refractivity contribution in [2.75, 3.05) is 6.54 Å². The number of benzene rings is 1. The summed E-state index contributed by atoms with van der Waals surface area (Å²) in [5.41, 5.74) is 6.84. The summed E-state index contributed by atoms with van der Waals surface area (Å²) in [4.78, 5) is 15.2. The fraction of sp³-hybridized carbons (Fsp3) is 0.231. The van der Waals surface area contributed by atoms with Gasteiger partial charge in [-0.3, -0.25) is 4.79 Å². The molecular formula is C13H14ClN3O2. The molecule has 0 aliphatic rings. The Bertz CT molecular complexity index is 610. The van der Waals surface area contributed by atoms with Crippen molar-refractivity contribution < 1.29 is 9.90 Å². The van der Waals surface area contributed by atoms with Gasteiger partial charge in [0.25, 0.3) is 0 Å². The SMILES string of the molecule is Cc1nccn1-c1ccc(C(CN)C(=O)O)cc1Cl. The molecule has 0 amide bonds. The minimum atomic E-state index is -0.954. The number of hydrogen-bond acceptors (Lipinski definition) is 3. The Labute approximate surface area is 115 Å². The topological polar surface area (TPSA) is 81.1 Å².